The van der Waals surface area contributed by atoms with Gasteiger partial charge in [-0.25, -0.2) is 0 Å². The van der Waals surface area contributed by atoms with E-state index in [2.05, 4.69) is 12.2 Å². The molecule has 3 nitrogen and oxygen atoms in total. The molecule has 3 N–H and O–H groups in total. The number of amides is 1. The van der Waals surface area contributed by atoms with Crippen molar-refractivity contribution < 1.29 is 4.79 Å². The molecule has 0 spiro atoms. The van der Waals surface area contributed by atoms with Gasteiger partial charge in [-0.05, 0) is 35.8 Å². The van der Waals surface area contributed by atoms with Crippen LogP contribution in [0.3, 0.4) is 0 Å². The van der Waals surface area contributed by atoms with Crippen molar-refractivity contribution in [1.29, 1.82) is 0 Å². The second-order valence-electron chi connectivity index (χ2n) is 5.32. The smallest absolute Gasteiger partial charge is 0.224 e. The molecule has 1 aliphatic carbocycles. The first-order valence-electron chi connectivity index (χ1n) is 6.73. The maximum absolute atomic E-state index is 11.8. The summed E-state index contributed by atoms with van der Waals surface area (Å²) < 4.78 is 0. The standard InChI is InChI=1S/C15H22N2O/c1-11(14-6-7-14)10-17-15(18)8-12-2-4-13(9-16)5-3-12/h2-5,11,14H,6-10,16H2,1H3,(H,17,18). The average Bonchev–Trinajstić information content (AvgIpc) is 3.21. The summed E-state index contributed by atoms with van der Waals surface area (Å²) in [5.74, 6) is 1.57. The third kappa shape index (κ3) is 3.84. The molecule has 18 heavy (non-hydrogen) atoms. The highest BCUT2D eigenvalue weighted by atomic mass is 16.1. The van der Waals surface area contributed by atoms with Crippen molar-refractivity contribution in [1.82, 2.24) is 5.32 Å². The Labute approximate surface area is 109 Å². The molecule has 0 radical (unpaired) electrons. The predicted molar refractivity (Wildman–Crippen MR) is 72.9 cm³/mol. The summed E-state index contributed by atoms with van der Waals surface area (Å²) in [6.07, 6.45) is 3.12. The monoisotopic (exact) mass is 246 g/mol. The summed E-state index contributed by atoms with van der Waals surface area (Å²) >= 11 is 0. The number of nitrogens with one attached hydrogen (secondary N) is 1. The molecule has 1 amide bonds. The van der Waals surface area contributed by atoms with Gasteiger partial charge in [0, 0.05) is 13.1 Å². The van der Waals surface area contributed by atoms with Crippen LogP contribution in [0.1, 0.15) is 30.9 Å². The molecular weight excluding hydrogens is 224 g/mol. The summed E-state index contributed by atoms with van der Waals surface area (Å²) in [5, 5.41) is 3.02. The fourth-order valence-corrected chi connectivity index (χ4v) is 2.15. The lowest BCUT2D eigenvalue weighted by Gasteiger charge is -2.11. The van der Waals surface area contributed by atoms with Gasteiger partial charge >= 0.3 is 0 Å². The topological polar surface area (TPSA) is 55.1 Å². The van der Waals surface area contributed by atoms with E-state index in [9.17, 15) is 4.79 Å². The quantitative estimate of drug-likeness (QED) is 0.805. The Morgan fingerprint density at radius 2 is 1.94 bits per heavy atom. The van der Waals surface area contributed by atoms with Crippen molar-refractivity contribution in [2.75, 3.05) is 6.54 Å². The molecule has 0 aliphatic heterocycles. The van der Waals surface area contributed by atoms with Crippen LogP contribution in [0.4, 0.5) is 0 Å². The number of carbonyl (C=O) groups excluding carboxylic acids is 1. The van der Waals surface area contributed by atoms with E-state index in [1.165, 1.54) is 12.8 Å². The van der Waals surface area contributed by atoms with Gasteiger partial charge in [-0.1, -0.05) is 31.2 Å². The molecule has 0 heterocycles. The van der Waals surface area contributed by atoms with E-state index in [4.69, 9.17) is 5.73 Å². The van der Waals surface area contributed by atoms with E-state index < -0.39 is 0 Å². The third-order valence-electron chi connectivity index (χ3n) is 3.67. The first-order chi connectivity index (χ1) is 8.69. The maximum atomic E-state index is 11.8. The Balaban J connectivity index is 1.75. The van der Waals surface area contributed by atoms with E-state index in [0.29, 0.717) is 18.9 Å². The Kier molecular flexibility index (Phi) is 4.37. The summed E-state index contributed by atoms with van der Waals surface area (Å²) in [7, 11) is 0. The van der Waals surface area contributed by atoms with Gasteiger partial charge in [0.05, 0.1) is 6.42 Å². The van der Waals surface area contributed by atoms with Gasteiger partial charge in [-0.15, -0.1) is 0 Å². The number of carbonyl (C=O) groups is 1. The van der Waals surface area contributed by atoms with Crippen molar-refractivity contribution in [2.45, 2.75) is 32.7 Å². The van der Waals surface area contributed by atoms with Crippen LogP contribution in [0.15, 0.2) is 24.3 Å². The van der Waals surface area contributed by atoms with Crippen molar-refractivity contribution in [3.05, 3.63) is 35.4 Å². The third-order valence-corrected chi connectivity index (χ3v) is 3.67. The Hall–Kier alpha value is -1.35. The summed E-state index contributed by atoms with van der Waals surface area (Å²) in [5.41, 5.74) is 7.68. The normalized spacial score (nSPS) is 16.3. The molecule has 0 saturated heterocycles. The van der Waals surface area contributed by atoms with Crippen molar-refractivity contribution in [3.8, 4) is 0 Å². The van der Waals surface area contributed by atoms with Crippen LogP contribution in [0.25, 0.3) is 0 Å². The lowest BCUT2D eigenvalue weighted by Crippen LogP contribution is -2.30. The van der Waals surface area contributed by atoms with Crippen LogP contribution in [0, 0.1) is 11.8 Å². The molecule has 1 fully saturated rings. The van der Waals surface area contributed by atoms with Crippen LogP contribution in [0.5, 0.6) is 0 Å². The maximum Gasteiger partial charge on any atom is 0.224 e. The number of hydrogen-bond donors (Lipinski definition) is 2. The summed E-state index contributed by atoms with van der Waals surface area (Å²) in [6, 6.07) is 7.92. The van der Waals surface area contributed by atoms with Crippen molar-refractivity contribution in [3.63, 3.8) is 0 Å². The molecule has 1 aromatic carbocycles. The van der Waals surface area contributed by atoms with E-state index in [1.807, 2.05) is 24.3 Å². The fourth-order valence-electron chi connectivity index (χ4n) is 2.15. The minimum atomic E-state index is 0.114. The van der Waals surface area contributed by atoms with Gasteiger partial charge < -0.3 is 11.1 Å². The van der Waals surface area contributed by atoms with Gasteiger partial charge in [0.2, 0.25) is 5.91 Å². The molecule has 1 atom stereocenters. The zero-order valence-electron chi connectivity index (χ0n) is 11.0. The Morgan fingerprint density at radius 1 is 1.33 bits per heavy atom. The summed E-state index contributed by atoms with van der Waals surface area (Å²) in [6.45, 7) is 3.57. The largest absolute Gasteiger partial charge is 0.356 e. The number of benzene rings is 1. The second kappa shape index (κ2) is 6.01. The highest BCUT2D eigenvalue weighted by Crippen LogP contribution is 2.36. The highest BCUT2D eigenvalue weighted by molar-refractivity contribution is 5.78. The molecular formula is C15H22N2O. The van der Waals surface area contributed by atoms with Gasteiger partial charge in [-0.3, -0.25) is 4.79 Å². The van der Waals surface area contributed by atoms with Crippen LogP contribution >= 0.6 is 0 Å². The number of nitrogens with two attached hydrogens (primary N) is 1. The van der Waals surface area contributed by atoms with Crippen LogP contribution < -0.4 is 11.1 Å². The molecule has 1 saturated carbocycles. The van der Waals surface area contributed by atoms with Gasteiger partial charge in [0.15, 0.2) is 0 Å². The van der Waals surface area contributed by atoms with Gasteiger partial charge in [0.1, 0.15) is 0 Å². The summed E-state index contributed by atoms with van der Waals surface area (Å²) in [4.78, 5) is 11.8. The van der Waals surface area contributed by atoms with Gasteiger partial charge in [0.25, 0.3) is 0 Å². The Bertz CT molecular complexity index is 395. The first kappa shape index (κ1) is 13.1. The van der Waals surface area contributed by atoms with E-state index in [-0.39, 0.29) is 5.91 Å². The highest BCUT2D eigenvalue weighted by Gasteiger charge is 2.27. The zero-order chi connectivity index (χ0) is 13.0. The lowest BCUT2D eigenvalue weighted by atomic mass is 10.1. The first-order valence-corrected chi connectivity index (χ1v) is 6.73. The molecule has 98 valence electrons. The minimum absolute atomic E-state index is 0.114. The zero-order valence-corrected chi connectivity index (χ0v) is 11.0. The lowest BCUT2D eigenvalue weighted by molar-refractivity contribution is -0.120. The molecule has 1 aliphatic rings. The predicted octanol–water partition coefficient (Wildman–Crippen LogP) is 1.85. The van der Waals surface area contributed by atoms with Crippen LogP contribution in [-0.4, -0.2) is 12.5 Å². The molecule has 2 rings (SSSR count). The van der Waals surface area contributed by atoms with Crippen LogP contribution in [-0.2, 0) is 17.8 Å². The number of rotatable bonds is 6. The fraction of sp³-hybridized carbons (Fsp3) is 0.533. The SMILES string of the molecule is CC(CNC(=O)Cc1ccc(CN)cc1)C1CC1. The van der Waals surface area contributed by atoms with Crippen molar-refractivity contribution in [2.24, 2.45) is 17.6 Å². The van der Waals surface area contributed by atoms with Gasteiger partial charge in [-0.2, -0.15) is 0 Å². The number of hydrogen-bond acceptors (Lipinski definition) is 2. The van der Waals surface area contributed by atoms with E-state index in [0.717, 1.165) is 23.6 Å². The molecule has 1 aromatic rings. The van der Waals surface area contributed by atoms with Crippen molar-refractivity contribution >= 4 is 5.91 Å². The molecule has 0 bridgehead atoms. The van der Waals surface area contributed by atoms with E-state index in [1.54, 1.807) is 0 Å². The second-order valence-corrected chi connectivity index (χ2v) is 5.32. The molecule has 3 heteroatoms. The minimum Gasteiger partial charge on any atom is -0.356 e. The molecule has 0 aromatic heterocycles. The molecule has 1 unspecified atom stereocenters. The van der Waals surface area contributed by atoms with E-state index >= 15 is 0 Å². The Morgan fingerprint density at radius 3 is 2.50 bits per heavy atom. The van der Waals surface area contributed by atoms with Crippen LogP contribution in [0.2, 0.25) is 0 Å². The average molecular weight is 246 g/mol.